The van der Waals surface area contributed by atoms with E-state index in [1.165, 1.54) is 4.90 Å². The second-order valence-electron chi connectivity index (χ2n) is 6.19. The highest BCUT2D eigenvalue weighted by Crippen LogP contribution is 2.18. The molecule has 26 heavy (non-hydrogen) atoms. The summed E-state index contributed by atoms with van der Waals surface area (Å²) in [7, 11) is 1.80. The van der Waals surface area contributed by atoms with Crippen molar-refractivity contribution in [1.29, 1.82) is 0 Å². The average molecular weight is 375 g/mol. The zero-order valence-corrected chi connectivity index (χ0v) is 16.9. The van der Waals surface area contributed by atoms with Crippen LogP contribution in [0, 0.1) is 13.8 Å². The molecule has 0 N–H and O–H groups in total. The lowest BCUT2D eigenvalue weighted by molar-refractivity contribution is -0.131. The quantitative estimate of drug-likeness (QED) is 0.548. The number of rotatable bonds is 7. The van der Waals surface area contributed by atoms with Crippen LogP contribution in [0.2, 0.25) is 0 Å². The lowest BCUT2D eigenvalue weighted by Crippen LogP contribution is -2.30. The first-order valence-electron chi connectivity index (χ1n) is 8.58. The Balaban J connectivity index is 2.07. The molecule has 0 saturated heterocycles. The van der Waals surface area contributed by atoms with Crippen molar-refractivity contribution in [3.05, 3.63) is 52.8 Å². The molecule has 0 aliphatic rings. The van der Waals surface area contributed by atoms with Crippen molar-refractivity contribution in [3.8, 4) is 0 Å². The zero-order valence-electron chi connectivity index (χ0n) is 16.0. The van der Waals surface area contributed by atoms with Crippen LogP contribution in [0.1, 0.15) is 34.2 Å². The molecule has 0 atom stereocenters. The van der Waals surface area contributed by atoms with E-state index in [1.54, 1.807) is 36.7 Å². The largest absolute Gasteiger partial charge is 0.462 e. The minimum atomic E-state index is -0.346. The van der Waals surface area contributed by atoms with Gasteiger partial charge in [0.2, 0.25) is 5.91 Å². The Morgan fingerprint density at radius 3 is 2.42 bits per heavy atom. The van der Waals surface area contributed by atoms with Crippen LogP contribution in [0.3, 0.4) is 0 Å². The van der Waals surface area contributed by atoms with Crippen LogP contribution in [-0.4, -0.2) is 41.3 Å². The van der Waals surface area contributed by atoms with Crippen molar-refractivity contribution in [2.45, 2.75) is 38.8 Å². The first-order valence-corrected chi connectivity index (χ1v) is 9.80. The fourth-order valence-corrected chi connectivity index (χ4v) is 3.22. The van der Waals surface area contributed by atoms with Crippen LogP contribution in [-0.2, 0) is 22.6 Å². The Hall–Kier alpha value is -2.21. The molecule has 0 saturated carbocycles. The molecule has 5 nitrogen and oxygen atoms in total. The van der Waals surface area contributed by atoms with Crippen molar-refractivity contribution in [2.75, 3.05) is 19.9 Å². The topological polar surface area (TPSA) is 51.5 Å². The van der Waals surface area contributed by atoms with E-state index in [-0.39, 0.29) is 18.4 Å². The van der Waals surface area contributed by atoms with Gasteiger partial charge in [0.05, 0.1) is 12.2 Å². The molecule has 2 rings (SSSR count). The van der Waals surface area contributed by atoms with Gasteiger partial charge in [-0.1, -0.05) is 12.1 Å². The minimum Gasteiger partial charge on any atom is -0.462 e. The van der Waals surface area contributed by atoms with E-state index in [9.17, 15) is 9.59 Å². The van der Waals surface area contributed by atoms with Gasteiger partial charge < -0.3 is 14.2 Å². The van der Waals surface area contributed by atoms with Crippen molar-refractivity contribution in [1.82, 2.24) is 9.47 Å². The lowest BCUT2D eigenvalue weighted by Gasteiger charge is -2.19. The summed E-state index contributed by atoms with van der Waals surface area (Å²) in [6.45, 7) is 6.60. The van der Waals surface area contributed by atoms with Gasteiger partial charge in [0.15, 0.2) is 0 Å². The van der Waals surface area contributed by atoms with E-state index in [2.05, 4.69) is 12.1 Å². The highest BCUT2D eigenvalue weighted by atomic mass is 32.2. The van der Waals surface area contributed by atoms with E-state index in [4.69, 9.17) is 4.74 Å². The third-order valence-electron chi connectivity index (χ3n) is 4.37. The lowest BCUT2D eigenvalue weighted by atomic mass is 10.2. The minimum absolute atomic E-state index is 0.00356. The number of hydrogen-bond acceptors (Lipinski definition) is 4. The van der Waals surface area contributed by atoms with E-state index >= 15 is 0 Å². The number of benzene rings is 1. The molecule has 6 heteroatoms. The summed E-state index contributed by atoms with van der Waals surface area (Å²) in [4.78, 5) is 27.6. The number of nitrogens with zero attached hydrogens (tertiary/aromatic N) is 2. The summed E-state index contributed by atoms with van der Waals surface area (Å²) in [5.74, 6) is -0.349. The predicted molar refractivity (Wildman–Crippen MR) is 105 cm³/mol. The van der Waals surface area contributed by atoms with Crippen molar-refractivity contribution in [3.63, 3.8) is 0 Å². The molecule has 1 aromatic heterocycles. The summed E-state index contributed by atoms with van der Waals surface area (Å²) >= 11 is 1.69. The van der Waals surface area contributed by atoms with Gasteiger partial charge in [-0.3, -0.25) is 4.79 Å². The number of likely N-dealkylation sites (N-methyl/N-ethyl adjacent to an activating group) is 1. The highest BCUT2D eigenvalue weighted by molar-refractivity contribution is 7.98. The first kappa shape index (κ1) is 20.1. The maximum absolute atomic E-state index is 12.6. The molecule has 140 valence electrons. The maximum atomic E-state index is 12.6. The second-order valence-corrected chi connectivity index (χ2v) is 7.07. The van der Waals surface area contributed by atoms with Crippen molar-refractivity contribution in [2.24, 2.45) is 0 Å². The number of amides is 1. The zero-order chi connectivity index (χ0) is 19.3. The predicted octanol–water partition coefficient (Wildman–Crippen LogP) is 3.66. The van der Waals surface area contributed by atoms with Gasteiger partial charge >= 0.3 is 5.97 Å². The summed E-state index contributed by atoms with van der Waals surface area (Å²) < 4.78 is 6.94. The molecular formula is C20H26N2O3S. The average Bonchev–Trinajstić information content (AvgIpc) is 2.90. The number of hydrogen-bond donors (Lipinski definition) is 0. The fourth-order valence-electron chi connectivity index (χ4n) is 2.81. The molecule has 0 bridgehead atoms. The number of aromatic nitrogens is 1. The highest BCUT2D eigenvalue weighted by Gasteiger charge is 2.19. The molecule has 0 unspecified atom stereocenters. The Morgan fingerprint density at radius 2 is 1.85 bits per heavy atom. The Bertz CT molecular complexity index is 781. The molecule has 1 heterocycles. The second kappa shape index (κ2) is 8.94. The van der Waals surface area contributed by atoms with Gasteiger partial charge in [-0.2, -0.15) is 0 Å². The molecule has 1 amide bonds. The van der Waals surface area contributed by atoms with Crippen LogP contribution in [0.25, 0.3) is 0 Å². The molecule has 0 aliphatic carbocycles. The third kappa shape index (κ3) is 4.69. The Kier molecular flexibility index (Phi) is 6.91. The normalized spacial score (nSPS) is 10.7. The van der Waals surface area contributed by atoms with Crippen molar-refractivity contribution >= 4 is 23.6 Å². The smallest absolute Gasteiger partial charge is 0.339 e. The van der Waals surface area contributed by atoms with Crippen LogP contribution in [0.4, 0.5) is 0 Å². The van der Waals surface area contributed by atoms with Crippen LogP contribution < -0.4 is 0 Å². The summed E-state index contributed by atoms with van der Waals surface area (Å²) in [6.07, 6.45) is 2.04. The first-order chi connectivity index (χ1) is 12.4. The van der Waals surface area contributed by atoms with Gasteiger partial charge in [-0.05, 0) is 50.8 Å². The number of thioether (sulfide) groups is 1. The number of ether oxygens (including phenoxy) is 1. The maximum Gasteiger partial charge on any atom is 0.339 e. The number of aryl methyl sites for hydroxylation is 1. The number of carbonyl (C=O) groups excluding carboxylic acids is 2. The van der Waals surface area contributed by atoms with Gasteiger partial charge in [0.25, 0.3) is 0 Å². The standard InChI is InChI=1S/C20H26N2O3S/c1-6-25-20(24)18-11-14(2)22(15(18)3)13-19(23)21(4)12-16-7-9-17(26-5)10-8-16/h7-11H,6,12-13H2,1-5H3. The van der Waals surface area contributed by atoms with Gasteiger partial charge in [-0.25, -0.2) is 4.79 Å². The monoisotopic (exact) mass is 374 g/mol. The number of carbonyl (C=O) groups is 2. The number of esters is 1. The van der Waals surface area contributed by atoms with E-state index in [1.807, 2.05) is 36.8 Å². The van der Waals surface area contributed by atoms with Crippen LogP contribution >= 0.6 is 11.8 Å². The van der Waals surface area contributed by atoms with E-state index < -0.39 is 0 Å². The molecule has 0 fully saturated rings. The van der Waals surface area contributed by atoms with Gasteiger partial charge in [0.1, 0.15) is 6.54 Å². The summed E-state index contributed by atoms with van der Waals surface area (Å²) in [6, 6.07) is 9.98. The Labute approximate surface area is 159 Å². The molecule has 2 aromatic rings. The summed E-state index contributed by atoms with van der Waals surface area (Å²) in [5.41, 5.74) is 3.24. The van der Waals surface area contributed by atoms with Crippen LogP contribution in [0.5, 0.6) is 0 Å². The summed E-state index contributed by atoms with van der Waals surface area (Å²) in [5, 5.41) is 0. The van der Waals surface area contributed by atoms with Crippen LogP contribution in [0.15, 0.2) is 35.2 Å². The van der Waals surface area contributed by atoms with Gasteiger partial charge in [-0.15, -0.1) is 11.8 Å². The molecular weight excluding hydrogens is 348 g/mol. The third-order valence-corrected chi connectivity index (χ3v) is 5.11. The SMILES string of the molecule is CCOC(=O)c1cc(C)n(CC(=O)N(C)Cc2ccc(SC)cc2)c1C. The van der Waals surface area contributed by atoms with E-state index in [0.29, 0.717) is 18.7 Å². The van der Waals surface area contributed by atoms with Gasteiger partial charge in [0, 0.05) is 29.9 Å². The Morgan fingerprint density at radius 1 is 1.19 bits per heavy atom. The van der Waals surface area contributed by atoms with E-state index in [0.717, 1.165) is 17.0 Å². The molecule has 1 aromatic carbocycles. The van der Waals surface area contributed by atoms with Crippen molar-refractivity contribution < 1.29 is 14.3 Å². The molecule has 0 aliphatic heterocycles. The molecule has 0 radical (unpaired) electrons. The fraction of sp³-hybridized carbons (Fsp3) is 0.400. The molecule has 0 spiro atoms.